The minimum Gasteiger partial charge on any atom is -0.488 e. The van der Waals surface area contributed by atoms with Gasteiger partial charge in [0.25, 0.3) is 5.91 Å². The van der Waals surface area contributed by atoms with Gasteiger partial charge < -0.3 is 31.5 Å². The molecule has 0 saturated carbocycles. The van der Waals surface area contributed by atoms with E-state index in [4.69, 9.17) is 16.2 Å². The lowest BCUT2D eigenvalue weighted by Crippen LogP contribution is -2.51. The van der Waals surface area contributed by atoms with Crippen molar-refractivity contribution >= 4 is 23.0 Å². The van der Waals surface area contributed by atoms with Crippen LogP contribution in [0.25, 0.3) is 11.3 Å². The second kappa shape index (κ2) is 10.6. The molecule has 2 unspecified atom stereocenters. The Bertz CT molecular complexity index is 1320. The molecule has 1 amide bonds. The first-order chi connectivity index (χ1) is 17.6. The first kappa shape index (κ1) is 26.2. The van der Waals surface area contributed by atoms with Crippen LogP contribution in [-0.2, 0) is 0 Å². The zero-order chi connectivity index (χ0) is 26.9. The molecule has 0 spiro atoms. The van der Waals surface area contributed by atoms with Gasteiger partial charge in [-0.1, -0.05) is 0 Å². The van der Waals surface area contributed by atoms with Crippen molar-refractivity contribution in [3.63, 3.8) is 0 Å². The number of anilines is 3. The van der Waals surface area contributed by atoms with Gasteiger partial charge in [0.05, 0.1) is 41.0 Å². The number of carbonyl (C=O) groups is 1. The molecule has 37 heavy (non-hydrogen) atoms. The Hall–Kier alpha value is -3.90. The smallest absolute Gasteiger partial charge is 0.276 e. The largest absolute Gasteiger partial charge is 0.488 e. The van der Waals surface area contributed by atoms with Crippen LogP contribution in [0.15, 0.2) is 36.7 Å². The van der Waals surface area contributed by atoms with Crippen molar-refractivity contribution in [3.05, 3.63) is 59.8 Å². The number of aliphatic hydroxyl groups is 1. The summed E-state index contributed by atoms with van der Waals surface area (Å²) in [5.74, 6) is -4.50. The van der Waals surface area contributed by atoms with Gasteiger partial charge in [0.1, 0.15) is 11.5 Å². The van der Waals surface area contributed by atoms with Crippen LogP contribution in [-0.4, -0.2) is 52.3 Å². The van der Waals surface area contributed by atoms with Gasteiger partial charge in [-0.2, -0.15) is 0 Å². The predicted molar refractivity (Wildman–Crippen MR) is 133 cm³/mol. The number of nitrogen functional groups attached to an aromatic ring is 1. The van der Waals surface area contributed by atoms with Gasteiger partial charge in [0.2, 0.25) is 0 Å². The van der Waals surface area contributed by atoms with Crippen molar-refractivity contribution < 1.29 is 27.8 Å². The number of piperidine rings is 1. The Balaban J connectivity index is 1.69. The quantitative estimate of drug-likeness (QED) is 0.392. The number of hydrogen-bond acceptors (Lipinski definition) is 8. The van der Waals surface area contributed by atoms with Crippen LogP contribution in [0, 0.1) is 17.5 Å². The van der Waals surface area contributed by atoms with E-state index in [1.807, 2.05) is 4.90 Å². The molecular weight excluding hydrogens is 489 g/mol. The molecule has 0 bridgehead atoms. The summed E-state index contributed by atoms with van der Waals surface area (Å²) in [6.07, 6.45) is 2.30. The lowest BCUT2D eigenvalue weighted by molar-refractivity contribution is 0.102. The second-order valence-corrected chi connectivity index (χ2v) is 8.97. The van der Waals surface area contributed by atoms with Gasteiger partial charge in [0, 0.05) is 31.4 Å². The highest BCUT2D eigenvalue weighted by atomic mass is 19.1. The average Bonchev–Trinajstić information content (AvgIpc) is 2.84. The molecule has 1 saturated heterocycles. The molecule has 3 aromatic rings. The van der Waals surface area contributed by atoms with E-state index >= 15 is 4.39 Å². The van der Waals surface area contributed by atoms with Crippen molar-refractivity contribution in [3.8, 4) is 17.0 Å². The van der Waals surface area contributed by atoms with Gasteiger partial charge >= 0.3 is 0 Å². The topological polar surface area (TPSA) is 140 Å². The monoisotopic (exact) mass is 516 g/mol. The molecule has 6 N–H and O–H groups in total. The highest BCUT2D eigenvalue weighted by molar-refractivity contribution is 6.08. The number of benzene rings is 1. The Kier molecular flexibility index (Phi) is 7.50. The van der Waals surface area contributed by atoms with E-state index in [1.54, 1.807) is 19.9 Å². The molecular formula is C25H27F3N6O3. The molecule has 4 rings (SSSR count). The number of ether oxygens (including phenoxy) is 1. The standard InChI is InChI=1S/C25H27F3N6O3/c1-12(2)37-20-4-3-13(26)21(22(20)28)23-14(27)9-15(29)24(33-23)25(36)32-17-10-31-7-5-18(17)34-8-6-19(35)16(30)11-34/h3-5,7,9-10,12,16,19,35H,6,8,11,29-30H2,1-2H3,(H,32,36). The normalized spacial score (nSPS) is 17.7. The molecule has 196 valence electrons. The third-order valence-corrected chi connectivity index (χ3v) is 5.88. The lowest BCUT2D eigenvalue weighted by Gasteiger charge is -2.36. The number of rotatable bonds is 6. The maximum absolute atomic E-state index is 15.1. The van der Waals surface area contributed by atoms with Crippen LogP contribution in [0.5, 0.6) is 5.75 Å². The molecule has 1 aliphatic heterocycles. The van der Waals surface area contributed by atoms with Gasteiger partial charge in [0.15, 0.2) is 23.1 Å². The van der Waals surface area contributed by atoms with Gasteiger partial charge in [-0.3, -0.25) is 9.78 Å². The Morgan fingerprint density at radius 2 is 2.00 bits per heavy atom. The molecule has 3 heterocycles. The minimum absolute atomic E-state index is 0.285. The van der Waals surface area contributed by atoms with Crippen molar-refractivity contribution in [2.24, 2.45) is 5.73 Å². The number of halogens is 3. The summed E-state index contributed by atoms with van der Waals surface area (Å²) >= 11 is 0. The maximum atomic E-state index is 15.1. The summed E-state index contributed by atoms with van der Waals surface area (Å²) in [6.45, 7) is 4.12. The molecule has 2 aromatic heterocycles. The van der Waals surface area contributed by atoms with Gasteiger partial charge in [-0.05, 0) is 38.5 Å². The predicted octanol–water partition coefficient (Wildman–Crippen LogP) is 3.08. The van der Waals surface area contributed by atoms with Crippen molar-refractivity contribution in [1.29, 1.82) is 0 Å². The van der Waals surface area contributed by atoms with Crippen LogP contribution in [0.4, 0.5) is 30.2 Å². The number of hydrogen-bond donors (Lipinski definition) is 4. The molecule has 1 aromatic carbocycles. The van der Waals surface area contributed by atoms with E-state index in [0.29, 0.717) is 25.2 Å². The summed E-state index contributed by atoms with van der Waals surface area (Å²) in [7, 11) is 0. The maximum Gasteiger partial charge on any atom is 0.276 e. The Labute approximate surface area is 211 Å². The molecule has 0 radical (unpaired) electrons. The van der Waals surface area contributed by atoms with E-state index in [9.17, 15) is 18.7 Å². The van der Waals surface area contributed by atoms with E-state index in [-0.39, 0.29) is 17.1 Å². The minimum atomic E-state index is -1.16. The average molecular weight is 517 g/mol. The summed E-state index contributed by atoms with van der Waals surface area (Å²) in [5.41, 5.74) is 10.4. The van der Waals surface area contributed by atoms with E-state index in [0.717, 1.165) is 18.2 Å². The highest BCUT2D eigenvalue weighted by Crippen LogP contribution is 2.34. The molecule has 2 atom stereocenters. The Morgan fingerprint density at radius 1 is 1.24 bits per heavy atom. The van der Waals surface area contributed by atoms with Crippen LogP contribution < -0.4 is 26.4 Å². The van der Waals surface area contributed by atoms with Crippen LogP contribution >= 0.6 is 0 Å². The molecule has 9 nitrogen and oxygen atoms in total. The fraction of sp³-hybridized carbons (Fsp3) is 0.320. The van der Waals surface area contributed by atoms with E-state index < -0.39 is 58.6 Å². The number of aromatic nitrogens is 2. The van der Waals surface area contributed by atoms with Gasteiger partial charge in [-0.25, -0.2) is 18.2 Å². The first-order valence-electron chi connectivity index (χ1n) is 11.6. The fourth-order valence-corrected chi connectivity index (χ4v) is 4.08. The number of nitrogens with two attached hydrogens (primary N) is 2. The first-order valence-corrected chi connectivity index (χ1v) is 11.6. The van der Waals surface area contributed by atoms with Crippen LogP contribution in [0.3, 0.4) is 0 Å². The summed E-state index contributed by atoms with van der Waals surface area (Å²) in [6, 6.07) is 3.98. The highest BCUT2D eigenvalue weighted by Gasteiger charge is 2.28. The number of pyridine rings is 2. The zero-order valence-electron chi connectivity index (χ0n) is 20.2. The van der Waals surface area contributed by atoms with E-state index in [2.05, 4.69) is 15.3 Å². The Morgan fingerprint density at radius 3 is 2.70 bits per heavy atom. The summed E-state index contributed by atoms with van der Waals surface area (Å²) < 4.78 is 49.9. The molecule has 0 aliphatic carbocycles. The summed E-state index contributed by atoms with van der Waals surface area (Å²) in [4.78, 5) is 23.0. The molecule has 1 aliphatic rings. The number of nitrogens with one attached hydrogen (secondary N) is 1. The lowest BCUT2D eigenvalue weighted by atomic mass is 10.0. The van der Waals surface area contributed by atoms with Crippen LogP contribution in [0.2, 0.25) is 0 Å². The number of nitrogens with zero attached hydrogens (tertiary/aromatic N) is 3. The van der Waals surface area contributed by atoms with Crippen LogP contribution in [0.1, 0.15) is 30.8 Å². The zero-order valence-corrected chi connectivity index (χ0v) is 20.2. The van der Waals surface area contributed by atoms with E-state index in [1.165, 1.54) is 12.4 Å². The summed E-state index contributed by atoms with van der Waals surface area (Å²) in [5, 5.41) is 12.6. The third kappa shape index (κ3) is 5.44. The molecule has 1 fully saturated rings. The second-order valence-electron chi connectivity index (χ2n) is 8.97. The third-order valence-electron chi connectivity index (χ3n) is 5.88. The fourth-order valence-electron chi connectivity index (χ4n) is 4.08. The number of aliphatic hydroxyl groups excluding tert-OH is 1. The number of amides is 1. The number of carbonyl (C=O) groups excluding carboxylic acids is 1. The van der Waals surface area contributed by atoms with Crippen molar-refractivity contribution in [2.75, 3.05) is 29.0 Å². The van der Waals surface area contributed by atoms with Gasteiger partial charge in [-0.15, -0.1) is 0 Å². The molecule has 12 heteroatoms. The SMILES string of the molecule is CC(C)Oc1ccc(F)c(-c2nc(C(=O)Nc3cnccc3N3CCC(O)C(N)C3)c(N)cc2F)c1F. The van der Waals surface area contributed by atoms with Crippen molar-refractivity contribution in [1.82, 2.24) is 9.97 Å². The van der Waals surface area contributed by atoms with Crippen molar-refractivity contribution in [2.45, 2.75) is 38.5 Å².